The van der Waals surface area contributed by atoms with Gasteiger partial charge in [0.05, 0.1) is 0 Å². The zero-order chi connectivity index (χ0) is 14.8. The van der Waals surface area contributed by atoms with Crippen LogP contribution in [0.5, 0.6) is 0 Å². The summed E-state index contributed by atoms with van der Waals surface area (Å²) in [7, 11) is -3.95. The molecule has 2 heterocycles. The lowest BCUT2D eigenvalue weighted by Gasteiger charge is -2.24. The lowest BCUT2D eigenvalue weighted by atomic mass is 10.4. The summed E-state index contributed by atoms with van der Waals surface area (Å²) in [6.45, 7) is 3.73. The van der Waals surface area contributed by atoms with Crippen molar-refractivity contribution in [3.05, 3.63) is 46.5 Å². The van der Waals surface area contributed by atoms with Crippen LogP contribution in [0.25, 0.3) is 0 Å². The van der Waals surface area contributed by atoms with Gasteiger partial charge in [-0.05, 0) is 37.4 Å². The van der Waals surface area contributed by atoms with E-state index in [1.54, 1.807) is 13.8 Å². The van der Waals surface area contributed by atoms with Gasteiger partial charge in [0.25, 0.3) is 10.0 Å². The van der Waals surface area contributed by atoms with Crippen LogP contribution in [0, 0.1) is 5.82 Å². The Balaban J connectivity index is 2.40. The molecule has 0 spiro atoms. The molecule has 0 aliphatic heterocycles. The summed E-state index contributed by atoms with van der Waals surface area (Å²) in [5.74, 6) is -0.829. The van der Waals surface area contributed by atoms with Crippen molar-refractivity contribution in [1.82, 2.24) is 9.29 Å². The predicted octanol–water partition coefficient (Wildman–Crippen LogP) is 2.88. The van der Waals surface area contributed by atoms with Gasteiger partial charge in [0, 0.05) is 23.7 Å². The number of halogens is 1. The largest absolute Gasteiger partial charge is 0.264 e. The Hall–Kier alpha value is -1.31. The summed E-state index contributed by atoms with van der Waals surface area (Å²) in [6, 6.07) is 5.89. The van der Waals surface area contributed by atoms with Crippen LogP contribution in [-0.2, 0) is 16.6 Å². The van der Waals surface area contributed by atoms with Gasteiger partial charge in [0.15, 0.2) is 5.82 Å². The maximum atomic E-state index is 13.7. The number of sulfonamides is 1. The van der Waals surface area contributed by atoms with Gasteiger partial charge in [-0.1, -0.05) is 6.07 Å². The van der Waals surface area contributed by atoms with E-state index < -0.39 is 20.9 Å². The van der Waals surface area contributed by atoms with Crippen molar-refractivity contribution < 1.29 is 12.8 Å². The molecule has 0 N–H and O–H groups in total. The fourth-order valence-corrected chi connectivity index (χ4v) is 4.15. The molecule has 0 aliphatic carbocycles. The molecule has 20 heavy (non-hydrogen) atoms. The van der Waals surface area contributed by atoms with Crippen LogP contribution in [0.2, 0.25) is 0 Å². The zero-order valence-corrected chi connectivity index (χ0v) is 12.8. The molecule has 0 saturated carbocycles. The van der Waals surface area contributed by atoms with E-state index >= 15 is 0 Å². The van der Waals surface area contributed by atoms with E-state index in [1.165, 1.54) is 27.9 Å². The highest BCUT2D eigenvalue weighted by atomic mass is 32.2. The van der Waals surface area contributed by atoms with Crippen molar-refractivity contribution >= 4 is 21.4 Å². The molecule has 0 unspecified atom stereocenters. The molecule has 0 fully saturated rings. The van der Waals surface area contributed by atoms with Gasteiger partial charge in [0.1, 0.15) is 0 Å². The fourth-order valence-electron chi connectivity index (χ4n) is 1.77. The highest BCUT2D eigenvalue weighted by Gasteiger charge is 2.31. The number of hydrogen-bond acceptors (Lipinski definition) is 4. The molecular weight excluding hydrogens is 299 g/mol. The second-order valence-electron chi connectivity index (χ2n) is 4.51. The van der Waals surface area contributed by atoms with Gasteiger partial charge in [-0.3, -0.25) is 0 Å². The van der Waals surface area contributed by atoms with Crippen molar-refractivity contribution in [3.63, 3.8) is 0 Å². The number of thiophene rings is 1. The van der Waals surface area contributed by atoms with Gasteiger partial charge < -0.3 is 0 Å². The maximum Gasteiger partial charge on any atom is 0.264 e. The Morgan fingerprint density at radius 1 is 1.35 bits per heavy atom. The highest BCUT2D eigenvalue weighted by molar-refractivity contribution is 7.89. The molecule has 0 saturated heterocycles. The Kier molecular flexibility index (Phi) is 4.52. The first-order chi connectivity index (χ1) is 9.43. The van der Waals surface area contributed by atoms with Crippen LogP contribution in [-0.4, -0.2) is 23.7 Å². The van der Waals surface area contributed by atoms with Crippen molar-refractivity contribution in [2.45, 2.75) is 31.5 Å². The molecule has 108 valence electrons. The van der Waals surface area contributed by atoms with Crippen molar-refractivity contribution in [2.24, 2.45) is 0 Å². The van der Waals surface area contributed by atoms with E-state index in [4.69, 9.17) is 0 Å². The zero-order valence-electron chi connectivity index (χ0n) is 11.2. The standard InChI is InChI=1S/C13H15FN2O2S2/c1-10(2)16(9-11-5-4-8-19-11)20(17,18)13-12(14)6-3-7-15-13/h3-8,10H,9H2,1-2H3. The van der Waals surface area contributed by atoms with Crippen LogP contribution in [0.4, 0.5) is 4.39 Å². The van der Waals surface area contributed by atoms with E-state index in [9.17, 15) is 12.8 Å². The number of hydrogen-bond donors (Lipinski definition) is 0. The molecule has 2 aromatic heterocycles. The topological polar surface area (TPSA) is 50.3 Å². The van der Waals surface area contributed by atoms with E-state index in [2.05, 4.69) is 4.98 Å². The number of nitrogens with zero attached hydrogens (tertiary/aromatic N) is 2. The minimum absolute atomic E-state index is 0.216. The Bertz CT molecular complexity index is 669. The first-order valence-corrected chi connectivity index (χ1v) is 8.39. The van der Waals surface area contributed by atoms with E-state index in [-0.39, 0.29) is 12.6 Å². The molecule has 0 aliphatic rings. The predicted molar refractivity (Wildman–Crippen MR) is 76.4 cm³/mol. The molecule has 7 heteroatoms. The third-order valence-corrected chi connectivity index (χ3v) is 5.56. The molecule has 0 radical (unpaired) electrons. The lowest BCUT2D eigenvalue weighted by Crippen LogP contribution is -2.37. The Morgan fingerprint density at radius 2 is 2.10 bits per heavy atom. The summed E-state index contributed by atoms with van der Waals surface area (Å²) >= 11 is 1.46. The average Bonchev–Trinajstić information content (AvgIpc) is 2.88. The first kappa shape index (κ1) is 15.1. The van der Waals surface area contributed by atoms with Gasteiger partial charge >= 0.3 is 0 Å². The summed E-state index contributed by atoms with van der Waals surface area (Å²) < 4.78 is 40.1. The summed E-state index contributed by atoms with van der Waals surface area (Å²) in [4.78, 5) is 4.58. The fraction of sp³-hybridized carbons (Fsp3) is 0.308. The van der Waals surface area contributed by atoms with Crippen LogP contribution >= 0.6 is 11.3 Å². The van der Waals surface area contributed by atoms with Gasteiger partial charge in [0.2, 0.25) is 5.03 Å². The summed E-state index contributed by atoms with van der Waals surface area (Å²) in [5, 5.41) is 1.35. The first-order valence-electron chi connectivity index (χ1n) is 6.07. The third-order valence-electron chi connectivity index (χ3n) is 2.75. The molecular formula is C13H15FN2O2S2. The molecule has 0 aromatic carbocycles. The highest BCUT2D eigenvalue weighted by Crippen LogP contribution is 2.23. The molecule has 0 atom stereocenters. The molecule has 4 nitrogen and oxygen atoms in total. The number of rotatable bonds is 5. The summed E-state index contributed by atoms with van der Waals surface area (Å²) in [6.07, 6.45) is 1.28. The summed E-state index contributed by atoms with van der Waals surface area (Å²) in [5.41, 5.74) is 0. The SMILES string of the molecule is CC(C)N(Cc1cccs1)S(=O)(=O)c1ncccc1F. The van der Waals surface area contributed by atoms with E-state index in [0.29, 0.717) is 0 Å². The smallest absolute Gasteiger partial charge is 0.241 e. The number of aromatic nitrogens is 1. The van der Waals surface area contributed by atoms with Gasteiger partial charge in [-0.2, -0.15) is 4.31 Å². The van der Waals surface area contributed by atoms with E-state index in [1.807, 2.05) is 17.5 Å². The maximum absolute atomic E-state index is 13.7. The average molecular weight is 314 g/mol. The Labute approximate surface area is 121 Å². The molecule has 0 bridgehead atoms. The number of pyridine rings is 1. The van der Waals surface area contributed by atoms with Gasteiger partial charge in [-0.25, -0.2) is 17.8 Å². The van der Waals surface area contributed by atoms with Crippen LogP contribution in [0.3, 0.4) is 0 Å². The van der Waals surface area contributed by atoms with Crippen molar-refractivity contribution in [1.29, 1.82) is 0 Å². The minimum atomic E-state index is -3.95. The molecule has 0 amide bonds. The molecule has 2 aromatic rings. The minimum Gasteiger partial charge on any atom is -0.241 e. The quantitative estimate of drug-likeness (QED) is 0.852. The normalized spacial score (nSPS) is 12.2. The van der Waals surface area contributed by atoms with Gasteiger partial charge in [-0.15, -0.1) is 11.3 Å². The van der Waals surface area contributed by atoms with Crippen LogP contribution in [0.1, 0.15) is 18.7 Å². The third kappa shape index (κ3) is 3.05. The van der Waals surface area contributed by atoms with Crippen LogP contribution < -0.4 is 0 Å². The monoisotopic (exact) mass is 314 g/mol. The van der Waals surface area contributed by atoms with E-state index in [0.717, 1.165) is 10.9 Å². The van der Waals surface area contributed by atoms with Crippen LogP contribution in [0.15, 0.2) is 40.9 Å². The second-order valence-corrected chi connectivity index (χ2v) is 7.35. The molecule has 2 rings (SSSR count). The lowest BCUT2D eigenvalue weighted by molar-refractivity contribution is 0.346. The Morgan fingerprint density at radius 3 is 2.65 bits per heavy atom. The second kappa shape index (κ2) is 5.99. The van der Waals surface area contributed by atoms with Crippen molar-refractivity contribution in [2.75, 3.05) is 0 Å². The van der Waals surface area contributed by atoms with Crippen molar-refractivity contribution in [3.8, 4) is 0 Å².